The van der Waals surface area contributed by atoms with Crippen LogP contribution in [0.5, 0.6) is 5.88 Å². The highest BCUT2D eigenvalue weighted by Gasteiger charge is 2.24. The first-order valence-corrected chi connectivity index (χ1v) is 6.92. The van der Waals surface area contributed by atoms with Gasteiger partial charge in [-0.2, -0.15) is 0 Å². The number of carbonyl (C=O) groups excluding carboxylic acids is 2. The van der Waals surface area contributed by atoms with Crippen LogP contribution >= 0.6 is 0 Å². The molecule has 1 N–H and O–H groups in total. The first-order valence-electron chi connectivity index (χ1n) is 6.92. The molecule has 0 saturated carbocycles. The van der Waals surface area contributed by atoms with E-state index in [2.05, 4.69) is 15.3 Å². The molecule has 120 valence electrons. The molecule has 2 aromatic rings. The minimum absolute atomic E-state index is 0.204. The van der Waals surface area contributed by atoms with Crippen LogP contribution in [0.15, 0.2) is 42.9 Å². The Bertz CT molecular complexity index is 676. The molecule has 1 amide bonds. The number of pyridine rings is 2. The van der Waals surface area contributed by atoms with Crippen molar-refractivity contribution in [3.63, 3.8) is 0 Å². The molecule has 2 rings (SSSR count). The lowest BCUT2D eigenvalue weighted by molar-refractivity contribution is -0.142. The molecule has 0 fully saturated rings. The van der Waals surface area contributed by atoms with E-state index in [0.717, 1.165) is 0 Å². The van der Waals surface area contributed by atoms with E-state index in [0.29, 0.717) is 17.0 Å². The van der Waals surface area contributed by atoms with Gasteiger partial charge in [0, 0.05) is 30.6 Å². The van der Waals surface area contributed by atoms with Crippen molar-refractivity contribution in [3.8, 4) is 5.88 Å². The van der Waals surface area contributed by atoms with E-state index < -0.39 is 17.9 Å². The highest BCUT2D eigenvalue weighted by Crippen LogP contribution is 2.16. The molecule has 0 aliphatic heterocycles. The number of nitrogens with zero attached hydrogens (tertiary/aromatic N) is 2. The summed E-state index contributed by atoms with van der Waals surface area (Å²) in [6.45, 7) is 0. The van der Waals surface area contributed by atoms with Gasteiger partial charge >= 0.3 is 5.97 Å². The van der Waals surface area contributed by atoms with Gasteiger partial charge in [-0.05, 0) is 18.2 Å². The number of hydrogen-bond acceptors (Lipinski definition) is 6. The molecule has 0 unspecified atom stereocenters. The Hall–Kier alpha value is -2.96. The summed E-state index contributed by atoms with van der Waals surface area (Å²) in [6.07, 6.45) is 4.78. The Labute approximate surface area is 133 Å². The summed E-state index contributed by atoms with van der Waals surface area (Å²) in [4.78, 5) is 32.1. The molecule has 2 heterocycles. The highest BCUT2D eigenvalue weighted by atomic mass is 16.5. The molecular weight excluding hydrogens is 298 g/mol. The molecule has 0 spiro atoms. The van der Waals surface area contributed by atoms with Crippen LogP contribution in [-0.2, 0) is 16.0 Å². The van der Waals surface area contributed by atoms with E-state index in [1.165, 1.54) is 20.4 Å². The van der Waals surface area contributed by atoms with Crippen molar-refractivity contribution in [2.45, 2.75) is 12.5 Å². The molecular formula is C16H17N3O4. The molecule has 0 aliphatic carbocycles. The summed E-state index contributed by atoms with van der Waals surface area (Å²) in [6, 6.07) is 5.91. The third-order valence-electron chi connectivity index (χ3n) is 3.18. The van der Waals surface area contributed by atoms with E-state index in [9.17, 15) is 9.59 Å². The minimum atomic E-state index is -0.856. The van der Waals surface area contributed by atoms with Crippen LogP contribution in [0, 0.1) is 0 Å². The number of nitrogens with one attached hydrogen (secondary N) is 1. The van der Waals surface area contributed by atoms with Crippen molar-refractivity contribution in [2.75, 3.05) is 14.2 Å². The normalized spacial score (nSPS) is 11.4. The van der Waals surface area contributed by atoms with Gasteiger partial charge in [-0.3, -0.25) is 9.78 Å². The fraction of sp³-hybridized carbons (Fsp3) is 0.250. The van der Waals surface area contributed by atoms with Gasteiger partial charge < -0.3 is 14.8 Å². The van der Waals surface area contributed by atoms with Crippen LogP contribution < -0.4 is 10.1 Å². The topological polar surface area (TPSA) is 90.4 Å². The van der Waals surface area contributed by atoms with Crippen LogP contribution in [0.4, 0.5) is 0 Å². The quantitative estimate of drug-likeness (QED) is 0.800. The van der Waals surface area contributed by atoms with Crippen molar-refractivity contribution in [3.05, 3.63) is 54.0 Å². The van der Waals surface area contributed by atoms with Gasteiger partial charge in [0.1, 0.15) is 6.04 Å². The lowest BCUT2D eigenvalue weighted by atomic mass is 10.1. The number of ether oxygens (including phenoxy) is 2. The number of carbonyl (C=O) groups is 2. The fourth-order valence-corrected chi connectivity index (χ4v) is 2.06. The van der Waals surface area contributed by atoms with Gasteiger partial charge in [0.15, 0.2) is 0 Å². The van der Waals surface area contributed by atoms with Gasteiger partial charge in [-0.15, -0.1) is 0 Å². The van der Waals surface area contributed by atoms with E-state index in [1.54, 1.807) is 36.7 Å². The molecule has 23 heavy (non-hydrogen) atoms. The SMILES string of the molecule is COC(=O)[C@H](Cc1cccnc1OC)NC(=O)c1cccnc1. The average Bonchev–Trinajstić information content (AvgIpc) is 2.61. The molecule has 0 aliphatic rings. The Kier molecular flexibility index (Phi) is 5.62. The maximum absolute atomic E-state index is 12.2. The van der Waals surface area contributed by atoms with Crippen LogP contribution in [-0.4, -0.2) is 42.1 Å². The van der Waals surface area contributed by atoms with Gasteiger partial charge in [0.2, 0.25) is 5.88 Å². The van der Waals surface area contributed by atoms with E-state index in [1.807, 2.05) is 0 Å². The maximum atomic E-state index is 12.2. The van der Waals surface area contributed by atoms with Crippen LogP contribution in [0.2, 0.25) is 0 Å². The second-order valence-electron chi connectivity index (χ2n) is 4.67. The molecule has 0 bridgehead atoms. The van der Waals surface area contributed by atoms with E-state index in [-0.39, 0.29) is 6.42 Å². The zero-order chi connectivity index (χ0) is 16.7. The Morgan fingerprint density at radius 2 is 2.00 bits per heavy atom. The highest BCUT2D eigenvalue weighted by molar-refractivity contribution is 5.96. The lowest BCUT2D eigenvalue weighted by Crippen LogP contribution is -2.43. The summed E-state index contributed by atoms with van der Waals surface area (Å²) < 4.78 is 9.93. The number of amides is 1. The maximum Gasteiger partial charge on any atom is 0.328 e. The number of methoxy groups -OCH3 is 2. The second kappa shape index (κ2) is 7.88. The largest absolute Gasteiger partial charge is 0.481 e. The summed E-state index contributed by atoms with van der Waals surface area (Å²) in [5.74, 6) is -0.554. The molecule has 1 atom stereocenters. The third-order valence-corrected chi connectivity index (χ3v) is 3.18. The van der Waals surface area contributed by atoms with E-state index in [4.69, 9.17) is 9.47 Å². The number of esters is 1. The number of rotatable bonds is 6. The fourth-order valence-electron chi connectivity index (χ4n) is 2.06. The predicted molar refractivity (Wildman–Crippen MR) is 82.0 cm³/mol. The molecule has 7 heteroatoms. The van der Waals surface area contributed by atoms with Crippen molar-refractivity contribution < 1.29 is 19.1 Å². The van der Waals surface area contributed by atoms with Crippen molar-refractivity contribution >= 4 is 11.9 Å². The smallest absolute Gasteiger partial charge is 0.328 e. The van der Waals surface area contributed by atoms with Gasteiger partial charge in [0.25, 0.3) is 5.91 Å². The molecule has 0 radical (unpaired) electrons. The van der Waals surface area contributed by atoms with Crippen molar-refractivity contribution in [2.24, 2.45) is 0 Å². The van der Waals surface area contributed by atoms with Gasteiger partial charge in [-0.1, -0.05) is 6.07 Å². The van der Waals surface area contributed by atoms with Crippen LogP contribution in [0.3, 0.4) is 0 Å². The van der Waals surface area contributed by atoms with Crippen molar-refractivity contribution in [1.29, 1.82) is 0 Å². The summed E-state index contributed by atoms with van der Waals surface area (Å²) in [5, 5.41) is 2.65. The standard InChI is InChI=1S/C16H17N3O4/c1-22-15-11(5-4-8-18-15)9-13(16(21)23-2)19-14(20)12-6-3-7-17-10-12/h3-8,10,13H,9H2,1-2H3,(H,19,20)/t13-/m0/s1. The average molecular weight is 315 g/mol. The summed E-state index contributed by atoms with van der Waals surface area (Å²) in [5.41, 5.74) is 1.05. The molecule has 7 nitrogen and oxygen atoms in total. The summed E-state index contributed by atoms with van der Waals surface area (Å²) in [7, 11) is 2.76. The Balaban J connectivity index is 2.17. The zero-order valence-electron chi connectivity index (χ0n) is 12.9. The first-order chi connectivity index (χ1) is 11.2. The zero-order valence-corrected chi connectivity index (χ0v) is 12.9. The second-order valence-corrected chi connectivity index (χ2v) is 4.67. The number of aromatic nitrogens is 2. The van der Waals surface area contributed by atoms with Crippen LogP contribution in [0.1, 0.15) is 15.9 Å². The molecule has 0 saturated heterocycles. The Morgan fingerprint density at radius 3 is 2.65 bits per heavy atom. The summed E-state index contributed by atoms with van der Waals surface area (Å²) >= 11 is 0. The molecule has 0 aromatic carbocycles. The lowest BCUT2D eigenvalue weighted by Gasteiger charge is -2.17. The molecule has 2 aromatic heterocycles. The van der Waals surface area contributed by atoms with Gasteiger partial charge in [0.05, 0.1) is 19.8 Å². The van der Waals surface area contributed by atoms with E-state index >= 15 is 0 Å². The minimum Gasteiger partial charge on any atom is -0.481 e. The first kappa shape index (κ1) is 16.4. The number of hydrogen-bond donors (Lipinski definition) is 1. The van der Waals surface area contributed by atoms with Crippen molar-refractivity contribution in [1.82, 2.24) is 15.3 Å². The monoisotopic (exact) mass is 315 g/mol. The Morgan fingerprint density at radius 1 is 1.22 bits per heavy atom. The third kappa shape index (κ3) is 4.26. The van der Waals surface area contributed by atoms with Gasteiger partial charge in [-0.25, -0.2) is 9.78 Å². The predicted octanol–water partition coefficient (Wildman–Crippen LogP) is 0.999. The van der Waals surface area contributed by atoms with Crippen LogP contribution in [0.25, 0.3) is 0 Å².